The Labute approximate surface area is 169 Å². The predicted octanol–water partition coefficient (Wildman–Crippen LogP) is 4.66. The van der Waals surface area contributed by atoms with E-state index in [-0.39, 0.29) is 23.6 Å². The number of amides is 3. The molecule has 2 heterocycles. The zero-order chi connectivity index (χ0) is 19.5. The van der Waals surface area contributed by atoms with Crippen molar-refractivity contribution in [1.82, 2.24) is 0 Å². The van der Waals surface area contributed by atoms with Crippen molar-refractivity contribution in [1.29, 1.82) is 0 Å². The van der Waals surface area contributed by atoms with Crippen LogP contribution in [0.1, 0.15) is 32.2 Å². The zero-order valence-corrected chi connectivity index (χ0v) is 16.4. The molecular formula is C20H17N3O3S2. The van der Waals surface area contributed by atoms with Gasteiger partial charge in [0.15, 0.2) is 0 Å². The Balaban J connectivity index is 1.33. The number of benzene rings is 1. The smallest absolute Gasteiger partial charge is 0.265 e. The summed E-state index contributed by atoms with van der Waals surface area (Å²) in [5, 5.41) is 11.0. The van der Waals surface area contributed by atoms with E-state index >= 15 is 0 Å². The summed E-state index contributed by atoms with van der Waals surface area (Å²) >= 11 is 2.62. The molecule has 1 aromatic carbocycles. The molecule has 3 amide bonds. The molecule has 0 saturated heterocycles. The number of hydrogen-bond acceptors (Lipinski definition) is 5. The van der Waals surface area contributed by atoms with Gasteiger partial charge in [0.25, 0.3) is 11.8 Å². The number of hydrogen-bond donors (Lipinski definition) is 3. The lowest BCUT2D eigenvalue weighted by Crippen LogP contribution is -2.12. The Bertz CT molecular complexity index is 1010. The zero-order valence-electron chi connectivity index (χ0n) is 14.7. The molecule has 28 heavy (non-hydrogen) atoms. The average molecular weight is 412 g/mol. The number of carbonyl (C=O) groups is 3. The fraction of sp³-hybridized carbons (Fsp3) is 0.150. The first-order valence-corrected chi connectivity index (χ1v) is 10.4. The molecular weight excluding hydrogens is 394 g/mol. The van der Waals surface area contributed by atoms with Crippen LogP contribution in [0.4, 0.5) is 16.4 Å². The molecule has 0 aliphatic heterocycles. The second-order valence-electron chi connectivity index (χ2n) is 6.39. The SMILES string of the molecule is O=C(Nc1ccc(NC(=O)c2ccc(NC(=O)C3CC3)s2)cc1)c1cccs1. The fourth-order valence-electron chi connectivity index (χ4n) is 2.53. The number of nitrogens with one attached hydrogen (secondary N) is 3. The first-order chi connectivity index (χ1) is 13.6. The van der Waals surface area contributed by atoms with Gasteiger partial charge >= 0.3 is 0 Å². The molecule has 0 bridgehead atoms. The Hall–Kier alpha value is -2.97. The summed E-state index contributed by atoms with van der Waals surface area (Å²) in [5.74, 6) is -0.259. The molecule has 0 atom stereocenters. The van der Waals surface area contributed by atoms with Crippen LogP contribution >= 0.6 is 22.7 Å². The third-order valence-corrected chi connectivity index (χ3v) is 6.04. The van der Waals surface area contributed by atoms with Gasteiger partial charge in [-0.3, -0.25) is 14.4 Å². The standard InChI is InChI=1S/C20H17N3O3S2/c24-18(12-3-4-12)23-17-10-9-16(28-17)20(26)22-14-7-5-13(6-8-14)21-19(25)15-2-1-11-27-15/h1-2,5-12H,3-4H2,(H,21,25)(H,22,26)(H,23,24). The lowest BCUT2D eigenvalue weighted by molar-refractivity contribution is -0.117. The predicted molar refractivity (Wildman–Crippen MR) is 112 cm³/mol. The number of carbonyl (C=O) groups excluding carboxylic acids is 3. The minimum Gasteiger partial charge on any atom is -0.321 e. The van der Waals surface area contributed by atoms with Gasteiger partial charge in [-0.2, -0.15) is 0 Å². The second kappa shape index (κ2) is 7.95. The minimum atomic E-state index is -0.243. The van der Waals surface area contributed by atoms with E-state index < -0.39 is 0 Å². The van der Waals surface area contributed by atoms with Gasteiger partial charge < -0.3 is 16.0 Å². The molecule has 1 fully saturated rings. The molecule has 142 valence electrons. The van der Waals surface area contributed by atoms with Gasteiger partial charge in [-0.05, 0) is 60.7 Å². The molecule has 6 nitrogen and oxygen atoms in total. The molecule has 1 saturated carbocycles. The quantitative estimate of drug-likeness (QED) is 0.551. The van der Waals surface area contributed by atoms with Crippen LogP contribution in [-0.4, -0.2) is 17.7 Å². The Morgan fingerprint density at radius 3 is 2.00 bits per heavy atom. The Morgan fingerprint density at radius 1 is 0.786 bits per heavy atom. The maximum Gasteiger partial charge on any atom is 0.265 e. The first kappa shape index (κ1) is 18.4. The molecule has 0 unspecified atom stereocenters. The second-order valence-corrected chi connectivity index (χ2v) is 8.42. The van der Waals surface area contributed by atoms with Gasteiger partial charge in [-0.25, -0.2) is 0 Å². The van der Waals surface area contributed by atoms with E-state index in [0.29, 0.717) is 26.1 Å². The van der Waals surface area contributed by atoms with Gasteiger partial charge in [0.05, 0.1) is 14.8 Å². The van der Waals surface area contributed by atoms with Crippen molar-refractivity contribution in [2.45, 2.75) is 12.8 Å². The molecule has 2 aromatic heterocycles. The number of thiophene rings is 2. The van der Waals surface area contributed by atoms with Gasteiger partial charge in [-0.15, -0.1) is 22.7 Å². The van der Waals surface area contributed by atoms with E-state index in [9.17, 15) is 14.4 Å². The van der Waals surface area contributed by atoms with Crippen LogP contribution in [-0.2, 0) is 4.79 Å². The van der Waals surface area contributed by atoms with Crippen LogP contribution < -0.4 is 16.0 Å². The Morgan fingerprint density at radius 2 is 1.43 bits per heavy atom. The van der Waals surface area contributed by atoms with Gasteiger partial charge in [-0.1, -0.05) is 6.07 Å². The van der Waals surface area contributed by atoms with Crippen LogP contribution in [0.2, 0.25) is 0 Å². The van der Waals surface area contributed by atoms with Crippen LogP contribution in [0.3, 0.4) is 0 Å². The summed E-state index contributed by atoms with van der Waals surface area (Å²) in [6, 6.07) is 13.9. The van der Waals surface area contributed by atoms with Crippen molar-refractivity contribution in [2.24, 2.45) is 5.92 Å². The topological polar surface area (TPSA) is 87.3 Å². The van der Waals surface area contributed by atoms with Crippen LogP contribution in [0.25, 0.3) is 0 Å². The summed E-state index contributed by atoms with van der Waals surface area (Å²) in [5.41, 5.74) is 1.27. The summed E-state index contributed by atoms with van der Waals surface area (Å²) < 4.78 is 0. The summed E-state index contributed by atoms with van der Waals surface area (Å²) in [6.07, 6.45) is 1.88. The maximum atomic E-state index is 12.4. The van der Waals surface area contributed by atoms with Gasteiger partial charge in [0.2, 0.25) is 5.91 Å². The minimum absolute atomic E-state index is 0.0222. The lowest BCUT2D eigenvalue weighted by atomic mass is 10.2. The highest BCUT2D eigenvalue weighted by Crippen LogP contribution is 2.31. The molecule has 1 aliphatic carbocycles. The number of rotatable bonds is 6. The van der Waals surface area contributed by atoms with Gasteiger partial charge in [0, 0.05) is 17.3 Å². The average Bonchev–Trinajstić information content (AvgIpc) is 3.19. The Kier molecular flexibility index (Phi) is 5.23. The maximum absolute atomic E-state index is 12.4. The molecule has 4 rings (SSSR count). The highest BCUT2D eigenvalue weighted by atomic mass is 32.1. The van der Waals surface area contributed by atoms with E-state index in [0.717, 1.165) is 12.8 Å². The van der Waals surface area contributed by atoms with Crippen molar-refractivity contribution in [2.75, 3.05) is 16.0 Å². The van der Waals surface area contributed by atoms with Gasteiger partial charge in [0.1, 0.15) is 0 Å². The van der Waals surface area contributed by atoms with E-state index in [2.05, 4.69) is 16.0 Å². The molecule has 0 spiro atoms. The van der Waals surface area contributed by atoms with E-state index in [1.165, 1.54) is 22.7 Å². The van der Waals surface area contributed by atoms with Crippen molar-refractivity contribution in [3.8, 4) is 0 Å². The van der Waals surface area contributed by atoms with Crippen LogP contribution in [0.15, 0.2) is 53.9 Å². The lowest BCUT2D eigenvalue weighted by Gasteiger charge is -2.07. The third kappa shape index (κ3) is 4.47. The van der Waals surface area contributed by atoms with Crippen molar-refractivity contribution < 1.29 is 14.4 Å². The third-order valence-electron chi connectivity index (χ3n) is 4.17. The van der Waals surface area contributed by atoms with Crippen molar-refractivity contribution in [3.05, 3.63) is 63.7 Å². The van der Waals surface area contributed by atoms with E-state index in [1.54, 1.807) is 42.5 Å². The fourth-order valence-corrected chi connectivity index (χ4v) is 3.95. The first-order valence-electron chi connectivity index (χ1n) is 8.75. The molecule has 0 radical (unpaired) electrons. The highest BCUT2D eigenvalue weighted by molar-refractivity contribution is 7.18. The summed E-state index contributed by atoms with van der Waals surface area (Å²) in [7, 11) is 0. The summed E-state index contributed by atoms with van der Waals surface area (Å²) in [4.78, 5) is 37.4. The normalized spacial score (nSPS) is 13.0. The van der Waals surface area contributed by atoms with E-state index in [4.69, 9.17) is 0 Å². The van der Waals surface area contributed by atoms with Crippen LogP contribution in [0.5, 0.6) is 0 Å². The molecule has 3 aromatic rings. The highest BCUT2D eigenvalue weighted by Gasteiger charge is 2.29. The van der Waals surface area contributed by atoms with Crippen molar-refractivity contribution in [3.63, 3.8) is 0 Å². The van der Waals surface area contributed by atoms with Crippen LogP contribution in [0, 0.1) is 5.92 Å². The molecule has 3 N–H and O–H groups in total. The monoisotopic (exact) mass is 411 g/mol. The van der Waals surface area contributed by atoms with E-state index in [1.807, 2.05) is 11.4 Å². The number of anilines is 3. The molecule has 8 heteroatoms. The summed E-state index contributed by atoms with van der Waals surface area (Å²) in [6.45, 7) is 0. The largest absolute Gasteiger partial charge is 0.321 e. The molecule has 1 aliphatic rings. The van der Waals surface area contributed by atoms with Crippen molar-refractivity contribution >= 4 is 56.8 Å².